The van der Waals surface area contributed by atoms with Crippen LogP contribution < -0.4 is 15.4 Å². The van der Waals surface area contributed by atoms with E-state index in [-0.39, 0.29) is 18.7 Å². The smallest absolute Gasteiger partial charge is 0.290 e. The summed E-state index contributed by atoms with van der Waals surface area (Å²) in [5.41, 5.74) is 0.940. The summed E-state index contributed by atoms with van der Waals surface area (Å²) in [6.45, 7) is 4.91. The number of nitrogens with zero attached hydrogens (tertiary/aromatic N) is 3. The largest absolute Gasteiger partial charge is 0.390 e. The van der Waals surface area contributed by atoms with Gasteiger partial charge in [-0.2, -0.15) is 0 Å². The van der Waals surface area contributed by atoms with Gasteiger partial charge in [-0.15, -0.1) is 0 Å². The molecule has 14 nitrogen and oxygen atoms in total. The number of hydrogen-bond acceptors (Lipinski definition) is 10. The molecule has 0 bridgehead atoms. The monoisotopic (exact) mass is 752 g/mol. The van der Waals surface area contributed by atoms with Crippen LogP contribution in [-0.4, -0.2) is 89.8 Å². The summed E-state index contributed by atoms with van der Waals surface area (Å²) >= 11 is 0. The molecule has 17 heteroatoms. The molecule has 2 aromatic carbocycles. The van der Waals surface area contributed by atoms with Crippen molar-refractivity contribution in [3.8, 4) is 11.1 Å². The van der Waals surface area contributed by atoms with Gasteiger partial charge in [0.25, 0.3) is 11.8 Å². The minimum absolute atomic E-state index is 0.155. The Morgan fingerprint density at radius 1 is 1.00 bits per heavy atom. The van der Waals surface area contributed by atoms with E-state index < -0.39 is 86.8 Å². The van der Waals surface area contributed by atoms with E-state index in [1.165, 1.54) is 17.2 Å². The molecule has 53 heavy (non-hydrogen) atoms. The van der Waals surface area contributed by atoms with Gasteiger partial charge in [0.1, 0.15) is 29.4 Å². The molecule has 1 saturated heterocycles. The van der Waals surface area contributed by atoms with Crippen LogP contribution in [0.2, 0.25) is 0 Å². The average molecular weight is 753 g/mol. The molecule has 3 aliphatic carbocycles. The fourth-order valence-electron chi connectivity index (χ4n) is 6.97. The highest BCUT2D eigenvalue weighted by molar-refractivity contribution is 7.91. The van der Waals surface area contributed by atoms with Crippen molar-refractivity contribution < 1.29 is 45.7 Å². The first-order valence-corrected chi connectivity index (χ1v) is 18.8. The molecule has 1 unspecified atom stereocenters. The number of amides is 4. The number of benzene rings is 2. The highest BCUT2D eigenvalue weighted by Crippen LogP contribution is 2.48. The van der Waals surface area contributed by atoms with E-state index in [0.717, 1.165) is 22.3 Å². The predicted octanol–water partition coefficient (Wildman–Crippen LogP) is 2.99. The number of likely N-dealkylation sites (tertiary alicyclic amines) is 1. The van der Waals surface area contributed by atoms with Gasteiger partial charge in [-0.25, -0.2) is 17.2 Å². The van der Waals surface area contributed by atoms with Crippen molar-refractivity contribution in [3.05, 3.63) is 77.7 Å². The molecule has 1 aliphatic heterocycles. The number of halogens is 2. The quantitative estimate of drug-likeness (QED) is 0.194. The van der Waals surface area contributed by atoms with Gasteiger partial charge in [0.05, 0.1) is 23.9 Å². The Kier molecular flexibility index (Phi) is 9.11. The van der Waals surface area contributed by atoms with Gasteiger partial charge < -0.3 is 24.9 Å². The van der Waals surface area contributed by atoms with Crippen molar-refractivity contribution in [2.75, 3.05) is 6.54 Å². The van der Waals surface area contributed by atoms with Crippen molar-refractivity contribution in [1.82, 2.24) is 25.4 Å². The number of alkyl halides is 2. The zero-order valence-corrected chi connectivity index (χ0v) is 29.9. The first kappa shape index (κ1) is 36.2. The van der Waals surface area contributed by atoms with Crippen molar-refractivity contribution in [2.24, 2.45) is 16.5 Å². The second kappa shape index (κ2) is 13.3. The SMILES string of the molecule is CC(C)(C)[C@H](NC(=O)c1ccno1)C(=O)N1C[C@H](ON=C2c3ccccc3-c3ccccc32)CC1C(=O)N[C@@]1(C(=O)NS(=O)(=O)C2CC2)C[C@H]1C(F)F. The second-order valence-corrected chi connectivity index (χ2v) is 16.9. The van der Waals surface area contributed by atoms with E-state index in [2.05, 4.69) is 20.9 Å². The zero-order chi connectivity index (χ0) is 37.9. The number of fused-ring (bicyclic) bond motifs is 3. The first-order chi connectivity index (χ1) is 25.1. The zero-order valence-electron chi connectivity index (χ0n) is 29.0. The number of carbonyl (C=O) groups excluding carboxylic acids is 4. The van der Waals surface area contributed by atoms with Gasteiger partial charge in [0, 0.05) is 23.6 Å². The molecule has 3 aromatic rings. The van der Waals surface area contributed by atoms with E-state index in [0.29, 0.717) is 18.6 Å². The van der Waals surface area contributed by atoms with Crippen molar-refractivity contribution in [3.63, 3.8) is 0 Å². The van der Waals surface area contributed by atoms with Crippen molar-refractivity contribution in [1.29, 1.82) is 0 Å². The molecule has 2 heterocycles. The van der Waals surface area contributed by atoms with Crippen molar-refractivity contribution in [2.45, 2.75) is 81.9 Å². The Balaban J connectivity index is 1.18. The van der Waals surface area contributed by atoms with Gasteiger partial charge in [-0.05, 0) is 35.8 Å². The molecule has 4 aliphatic rings. The summed E-state index contributed by atoms with van der Waals surface area (Å²) in [6.07, 6.45) is -2.70. The lowest BCUT2D eigenvalue weighted by atomic mass is 9.85. The third kappa shape index (κ3) is 6.89. The Morgan fingerprint density at radius 2 is 1.62 bits per heavy atom. The lowest BCUT2D eigenvalue weighted by molar-refractivity contribution is -0.143. The fourth-order valence-corrected chi connectivity index (χ4v) is 8.34. The molecule has 1 aromatic heterocycles. The maximum absolute atomic E-state index is 14.4. The predicted molar refractivity (Wildman–Crippen MR) is 185 cm³/mol. The van der Waals surface area contributed by atoms with Crippen molar-refractivity contribution >= 4 is 39.4 Å². The number of carbonyl (C=O) groups is 4. The van der Waals surface area contributed by atoms with E-state index in [1.807, 2.05) is 53.3 Å². The number of hydrogen-bond donors (Lipinski definition) is 3. The van der Waals surface area contributed by atoms with Gasteiger partial charge in [0.2, 0.25) is 34.0 Å². The number of rotatable bonds is 11. The van der Waals surface area contributed by atoms with Crippen LogP contribution in [-0.2, 0) is 29.2 Å². The Bertz CT molecular complexity index is 2050. The van der Waals surface area contributed by atoms with Crippen LogP contribution in [0.4, 0.5) is 8.78 Å². The Hall–Kier alpha value is -5.19. The van der Waals surface area contributed by atoms with Crippen LogP contribution >= 0.6 is 0 Å². The summed E-state index contributed by atoms with van der Waals surface area (Å²) in [7, 11) is -4.13. The third-order valence-electron chi connectivity index (χ3n) is 10.1. The molecule has 280 valence electrons. The molecule has 2 saturated carbocycles. The third-order valence-corrected chi connectivity index (χ3v) is 11.9. The maximum atomic E-state index is 14.4. The molecule has 7 rings (SSSR count). The Morgan fingerprint density at radius 3 is 2.15 bits per heavy atom. The average Bonchev–Trinajstić information content (AvgIpc) is 3.94. The molecule has 0 spiro atoms. The highest BCUT2D eigenvalue weighted by Gasteiger charge is 2.67. The Labute approximate surface area is 303 Å². The van der Waals surface area contributed by atoms with Crippen LogP contribution in [0.3, 0.4) is 0 Å². The van der Waals surface area contributed by atoms with Gasteiger partial charge in [-0.3, -0.25) is 23.9 Å². The molecule has 3 N–H and O–H groups in total. The summed E-state index contributed by atoms with van der Waals surface area (Å²) in [5.74, 6) is -5.47. The van der Waals surface area contributed by atoms with Crippen LogP contribution in [0, 0.1) is 11.3 Å². The van der Waals surface area contributed by atoms with Gasteiger partial charge in [-0.1, -0.05) is 79.6 Å². The molecule has 5 atom stereocenters. The molecule has 3 fully saturated rings. The summed E-state index contributed by atoms with van der Waals surface area (Å²) in [6, 6.07) is 13.9. The summed E-state index contributed by atoms with van der Waals surface area (Å²) in [4.78, 5) is 62.1. The summed E-state index contributed by atoms with van der Waals surface area (Å²) in [5, 5.41) is 12.3. The lowest BCUT2D eigenvalue weighted by Crippen LogP contribution is -2.60. The second-order valence-electron chi connectivity index (χ2n) is 14.9. The number of aromatic nitrogens is 1. The van der Waals surface area contributed by atoms with Crippen LogP contribution in [0.15, 0.2) is 70.5 Å². The molecule has 4 amide bonds. The standard InChI is InChI=1S/C36H38F2N6O8S/c1-35(2,3)29(40-32(46)27-14-15-39-52-27)33(47)44-18-19(51-42-28-23-10-6-4-8-21(23)22-9-5-7-11-24(22)28)16-26(44)31(45)41-36(17-25(36)30(37)38)34(48)43-53(49,50)20-12-13-20/h4-11,14-15,19-20,25-26,29-30H,12-13,16-18H2,1-3H3,(H,40,46)(H,41,45)(H,43,48)/t19-,25+,26?,29-,36+/m1/s1. The number of sulfonamides is 1. The maximum Gasteiger partial charge on any atom is 0.290 e. The van der Waals surface area contributed by atoms with E-state index in [4.69, 9.17) is 9.36 Å². The van der Waals surface area contributed by atoms with E-state index in [1.54, 1.807) is 20.8 Å². The van der Waals surface area contributed by atoms with Gasteiger partial charge in [0.15, 0.2) is 0 Å². The number of oxime groups is 1. The van der Waals surface area contributed by atoms with Crippen LogP contribution in [0.5, 0.6) is 0 Å². The minimum Gasteiger partial charge on any atom is -0.390 e. The highest BCUT2D eigenvalue weighted by atomic mass is 32.2. The topological polar surface area (TPSA) is 189 Å². The van der Waals surface area contributed by atoms with Crippen LogP contribution in [0.25, 0.3) is 11.1 Å². The van der Waals surface area contributed by atoms with Crippen LogP contribution in [0.1, 0.15) is 68.1 Å². The van der Waals surface area contributed by atoms with E-state index >= 15 is 0 Å². The normalized spacial score (nSPS) is 23.8. The first-order valence-electron chi connectivity index (χ1n) is 17.2. The lowest BCUT2D eigenvalue weighted by Gasteiger charge is -2.35. The molecule has 0 radical (unpaired) electrons. The van der Waals surface area contributed by atoms with E-state index in [9.17, 15) is 36.4 Å². The minimum atomic E-state index is -4.13. The summed E-state index contributed by atoms with van der Waals surface area (Å²) < 4.78 is 60.2. The molecular weight excluding hydrogens is 714 g/mol. The molecular formula is C36H38F2N6O8S. The number of nitrogens with one attached hydrogen (secondary N) is 3. The van der Waals surface area contributed by atoms with Gasteiger partial charge >= 0.3 is 0 Å². The fraction of sp³-hybridized carbons (Fsp3) is 0.444.